The number of aromatic hydroxyl groups is 1. The van der Waals surface area contributed by atoms with E-state index in [-0.39, 0.29) is 46.9 Å². The zero-order valence-electron chi connectivity index (χ0n) is 39.0. The van der Waals surface area contributed by atoms with Crippen LogP contribution in [0.2, 0.25) is 0 Å². The number of fused-ring (bicyclic) bond motifs is 7. The van der Waals surface area contributed by atoms with Gasteiger partial charge in [0.15, 0.2) is 18.5 Å². The van der Waals surface area contributed by atoms with Gasteiger partial charge in [-0.15, -0.1) is 0 Å². The number of carboxylic acids is 1. The van der Waals surface area contributed by atoms with Gasteiger partial charge in [0.1, 0.15) is 41.7 Å². The summed E-state index contributed by atoms with van der Waals surface area (Å²) in [5.74, 6) is -3.14. The number of phenols is 1. The average molecular weight is 927 g/mol. The van der Waals surface area contributed by atoms with Crippen molar-refractivity contribution in [2.75, 3.05) is 6.61 Å². The molecule has 1 aromatic rings. The third-order valence-electron chi connectivity index (χ3n) is 18.3. The van der Waals surface area contributed by atoms with E-state index in [1.807, 2.05) is 0 Å². The van der Waals surface area contributed by atoms with Crippen LogP contribution in [0.1, 0.15) is 112 Å². The molecule has 0 aromatic heterocycles. The molecule has 5 aliphatic carbocycles. The van der Waals surface area contributed by atoms with Gasteiger partial charge in [-0.3, -0.25) is 4.79 Å². The summed E-state index contributed by atoms with van der Waals surface area (Å²) >= 11 is 0. The van der Waals surface area contributed by atoms with Crippen molar-refractivity contribution in [2.45, 2.75) is 174 Å². The Morgan fingerprint density at radius 2 is 1.47 bits per heavy atom. The van der Waals surface area contributed by atoms with Gasteiger partial charge in [-0.05, 0) is 126 Å². The van der Waals surface area contributed by atoms with Crippen molar-refractivity contribution < 1.29 is 78.9 Å². The maximum atomic E-state index is 15.0. The molecule has 0 radical (unpaired) electrons. The van der Waals surface area contributed by atoms with E-state index >= 15 is 4.79 Å². The minimum Gasteiger partial charge on any atom is -0.508 e. The molecule has 16 heteroatoms. The first-order chi connectivity index (χ1) is 30.8. The molecular formula is C50H70O16. The van der Waals surface area contributed by atoms with Gasteiger partial charge in [0, 0.05) is 6.08 Å². The molecule has 2 unspecified atom stereocenters. The van der Waals surface area contributed by atoms with Crippen molar-refractivity contribution in [2.24, 2.45) is 50.2 Å². The number of esters is 2. The van der Waals surface area contributed by atoms with Crippen molar-refractivity contribution in [3.63, 3.8) is 0 Å². The van der Waals surface area contributed by atoms with Gasteiger partial charge < -0.3 is 64.5 Å². The van der Waals surface area contributed by atoms with Crippen molar-refractivity contribution >= 4 is 24.0 Å². The Labute approximate surface area is 385 Å². The number of aliphatic carboxylic acids is 1. The minimum atomic E-state index is -1.82. The van der Waals surface area contributed by atoms with Crippen LogP contribution in [0.25, 0.3) is 6.08 Å². The van der Waals surface area contributed by atoms with Gasteiger partial charge in [0.05, 0.1) is 18.8 Å². The summed E-state index contributed by atoms with van der Waals surface area (Å²) < 4.78 is 29.5. The van der Waals surface area contributed by atoms with Crippen LogP contribution >= 0.6 is 0 Å². The highest BCUT2D eigenvalue weighted by Crippen LogP contribution is 2.76. The average Bonchev–Trinajstić information content (AvgIpc) is 3.24. The lowest BCUT2D eigenvalue weighted by molar-refractivity contribution is -0.324. The van der Waals surface area contributed by atoms with Gasteiger partial charge in [-0.2, -0.15) is 0 Å². The van der Waals surface area contributed by atoms with Crippen LogP contribution in [0.3, 0.4) is 0 Å². The van der Waals surface area contributed by atoms with E-state index in [9.17, 15) is 50.4 Å². The normalized spacial score (nSPS) is 46.1. The lowest BCUT2D eigenvalue weighted by Crippen LogP contribution is -2.68. The van der Waals surface area contributed by atoms with E-state index in [1.165, 1.54) is 18.2 Å². The Bertz CT molecular complexity index is 2080. The number of benzene rings is 1. The maximum Gasteiger partial charge on any atom is 0.335 e. The van der Waals surface area contributed by atoms with Crippen LogP contribution < -0.4 is 0 Å². The van der Waals surface area contributed by atoms with Crippen molar-refractivity contribution in [3.05, 3.63) is 47.6 Å². The summed E-state index contributed by atoms with van der Waals surface area (Å²) in [6.07, 6.45) is -5.86. The van der Waals surface area contributed by atoms with Crippen LogP contribution in [0.4, 0.5) is 0 Å². The summed E-state index contributed by atoms with van der Waals surface area (Å²) in [6, 6.07) is 6.10. The number of carboxylic acid groups (broad SMARTS) is 1. The van der Waals surface area contributed by atoms with E-state index in [4.69, 9.17) is 23.7 Å². The molecule has 16 nitrogen and oxygen atoms in total. The molecule has 7 aliphatic rings. The van der Waals surface area contributed by atoms with Gasteiger partial charge >= 0.3 is 17.9 Å². The first-order valence-electron chi connectivity index (χ1n) is 23.6. The van der Waals surface area contributed by atoms with E-state index in [1.54, 1.807) is 12.1 Å². The van der Waals surface area contributed by atoms with Crippen molar-refractivity contribution in [1.29, 1.82) is 0 Å². The third-order valence-corrected chi connectivity index (χ3v) is 18.3. The highest BCUT2D eigenvalue weighted by atomic mass is 16.7. The predicted molar refractivity (Wildman–Crippen MR) is 234 cm³/mol. The molecule has 2 heterocycles. The Balaban J connectivity index is 1.05. The molecule has 366 valence electrons. The highest BCUT2D eigenvalue weighted by Gasteiger charge is 2.72. The third kappa shape index (κ3) is 7.83. The standard InChI is InChI=1S/C50H70O16/c1-45(2)20-21-50(44(61)66-43-40(35(55)29(52)24-62-43)64-34(54)15-10-25-8-11-26(51)12-9-25)28(22-45)27-13-14-31-47(5)18-17-33(63-42-38(58)36(56)37(57)39(65-42)41(59)60)46(3,4)30(47)16-19-48(31,6)49(27,7)23-32(50)53/h8-13,15,28-33,35-40,42-43,51-53,55-58H,14,16-24H2,1-7H3,(H,59,60)/t28-,29+,30-,31+,32+,33-,35-,36-,37-,38+,39-,40+,42?,43?,47-,48+,49+,50+/m0/s1. The van der Waals surface area contributed by atoms with E-state index < -0.39 is 108 Å². The van der Waals surface area contributed by atoms with E-state index in [0.717, 1.165) is 37.3 Å². The lowest BCUT2D eigenvalue weighted by atomic mass is 9.33. The first-order valence-corrected chi connectivity index (χ1v) is 23.6. The molecule has 8 rings (SSSR count). The number of allylic oxidation sites excluding steroid dienone is 2. The fraction of sp³-hybridized carbons (Fsp3) is 0.740. The Kier molecular flexibility index (Phi) is 12.8. The van der Waals surface area contributed by atoms with Gasteiger partial charge in [0.25, 0.3) is 0 Å². The second-order valence-electron chi connectivity index (χ2n) is 22.7. The van der Waals surface area contributed by atoms with Crippen molar-refractivity contribution in [1.82, 2.24) is 0 Å². The quantitative estimate of drug-likeness (QED) is 0.0794. The Morgan fingerprint density at radius 3 is 2.15 bits per heavy atom. The lowest BCUT2D eigenvalue weighted by Gasteiger charge is -2.71. The van der Waals surface area contributed by atoms with E-state index in [0.29, 0.717) is 31.2 Å². The molecule has 2 aliphatic heterocycles. The minimum absolute atomic E-state index is 0.0543. The first kappa shape index (κ1) is 49.0. The number of rotatable bonds is 8. The summed E-state index contributed by atoms with van der Waals surface area (Å²) in [5.41, 5.74) is -1.39. The molecule has 6 fully saturated rings. The molecule has 0 bridgehead atoms. The van der Waals surface area contributed by atoms with E-state index in [2.05, 4.69) is 54.5 Å². The Hall–Kier alpha value is -3.45. The smallest absolute Gasteiger partial charge is 0.335 e. The molecule has 66 heavy (non-hydrogen) atoms. The molecule has 18 atom stereocenters. The van der Waals surface area contributed by atoms with Crippen LogP contribution in [-0.4, -0.2) is 133 Å². The molecule has 0 amide bonds. The highest BCUT2D eigenvalue weighted by molar-refractivity contribution is 5.87. The van der Waals surface area contributed by atoms with Gasteiger partial charge in [-0.1, -0.05) is 72.2 Å². The molecule has 1 aromatic carbocycles. The number of ether oxygens (including phenoxy) is 5. The maximum absolute atomic E-state index is 15.0. The van der Waals surface area contributed by atoms with Crippen LogP contribution in [0, 0.1) is 50.2 Å². The van der Waals surface area contributed by atoms with Crippen LogP contribution in [0.15, 0.2) is 42.0 Å². The molecule has 2 saturated heterocycles. The second kappa shape index (κ2) is 17.2. The summed E-state index contributed by atoms with van der Waals surface area (Å²) in [5, 5.41) is 85.3. The molecule has 4 saturated carbocycles. The largest absolute Gasteiger partial charge is 0.508 e. The summed E-state index contributed by atoms with van der Waals surface area (Å²) in [4.78, 5) is 40.0. The second-order valence-corrected chi connectivity index (χ2v) is 22.7. The zero-order chi connectivity index (χ0) is 48.1. The number of aliphatic hydroxyl groups is 6. The van der Waals surface area contributed by atoms with Gasteiger partial charge in [0.2, 0.25) is 6.29 Å². The van der Waals surface area contributed by atoms with Crippen LogP contribution in [-0.2, 0) is 38.1 Å². The van der Waals surface area contributed by atoms with Crippen molar-refractivity contribution in [3.8, 4) is 5.75 Å². The number of phenolic OH excluding ortho intramolecular Hbond substituents is 1. The number of hydrogen-bond acceptors (Lipinski definition) is 15. The summed E-state index contributed by atoms with van der Waals surface area (Å²) in [6.45, 7) is 15.2. The van der Waals surface area contributed by atoms with Gasteiger partial charge in [-0.25, -0.2) is 9.59 Å². The fourth-order valence-corrected chi connectivity index (χ4v) is 14.4. The topological polar surface area (TPSA) is 259 Å². The SMILES string of the molecule is CC1(C)CC[C@]2(C(=O)OC3OC[C@@H](O)[C@H](O)[C@H]3OC(=O)C=Cc3ccc(O)cc3)[C@H](O)C[C@]3(C)C(=CC[C@@H]4[C@@]5(C)CC[C@H](OC6O[C@H](C(=O)O)[C@@H](O)[C@H](O)[C@H]6O)C(C)(C)[C@@H]5CC[C@]43C)[C@@H]2C1. The monoisotopic (exact) mass is 926 g/mol. The number of carbonyl (C=O) groups excluding carboxylic acids is 2. The number of aliphatic hydroxyl groups excluding tert-OH is 6. The molecule has 8 N–H and O–H groups in total. The Morgan fingerprint density at radius 1 is 0.773 bits per heavy atom. The van der Waals surface area contributed by atoms with Crippen LogP contribution in [0.5, 0.6) is 5.75 Å². The number of carbonyl (C=O) groups is 3. The number of hydrogen-bond donors (Lipinski definition) is 8. The predicted octanol–water partition coefficient (Wildman–Crippen LogP) is 3.99. The zero-order valence-corrected chi connectivity index (χ0v) is 39.0. The summed E-state index contributed by atoms with van der Waals surface area (Å²) in [7, 11) is 0. The molecule has 0 spiro atoms. The molecular weight excluding hydrogens is 857 g/mol. The fourth-order valence-electron chi connectivity index (χ4n) is 14.4.